The first-order chi connectivity index (χ1) is 17.3. The molecule has 0 aliphatic heterocycles. The Bertz CT molecular complexity index is 1490. The molecular formula is C28H25ClN2O5. The predicted octanol–water partition coefficient (Wildman–Crippen LogP) is 5.10. The van der Waals surface area contributed by atoms with Crippen LogP contribution in [0.25, 0.3) is 10.9 Å². The van der Waals surface area contributed by atoms with Crippen LogP contribution in [0.5, 0.6) is 11.5 Å². The number of amides is 1. The third-order valence-electron chi connectivity index (χ3n) is 5.86. The largest absolute Gasteiger partial charge is 0.497 e. The zero-order valence-electron chi connectivity index (χ0n) is 20.1. The fraction of sp³-hybridized carbons (Fsp3) is 0.179. The Hall–Kier alpha value is -4.10. The molecule has 1 aromatic heterocycles. The van der Waals surface area contributed by atoms with E-state index in [-0.39, 0.29) is 23.4 Å². The first-order valence-corrected chi connectivity index (χ1v) is 11.7. The molecule has 4 aromatic rings. The maximum atomic E-state index is 13.3. The molecule has 36 heavy (non-hydrogen) atoms. The normalized spacial score (nSPS) is 10.8. The number of methoxy groups -OCH3 is 2. The van der Waals surface area contributed by atoms with Crippen LogP contribution in [0.1, 0.15) is 28.4 Å². The number of pyridine rings is 1. The third kappa shape index (κ3) is 5.26. The Morgan fingerprint density at radius 1 is 0.944 bits per heavy atom. The molecule has 184 valence electrons. The summed E-state index contributed by atoms with van der Waals surface area (Å²) < 4.78 is 12.1. The highest BCUT2D eigenvalue weighted by Crippen LogP contribution is 2.26. The summed E-state index contributed by atoms with van der Waals surface area (Å²) in [6.45, 7) is 1.88. The van der Waals surface area contributed by atoms with Crippen molar-refractivity contribution in [3.05, 3.63) is 98.8 Å². The number of rotatable bonds is 8. The van der Waals surface area contributed by atoms with Crippen LogP contribution in [0.2, 0.25) is 5.02 Å². The van der Waals surface area contributed by atoms with Crippen molar-refractivity contribution < 1.29 is 19.1 Å². The van der Waals surface area contributed by atoms with Crippen LogP contribution >= 0.6 is 11.6 Å². The minimum Gasteiger partial charge on any atom is -0.497 e. The Kier molecular flexibility index (Phi) is 7.41. The number of fused-ring (bicyclic) bond motifs is 1. The van der Waals surface area contributed by atoms with Crippen LogP contribution < -0.4 is 20.2 Å². The van der Waals surface area contributed by atoms with Crippen LogP contribution in [-0.2, 0) is 17.8 Å². The molecule has 0 atom stereocenters. The van der Waals surface area contributed by atoms with Gasteiger partial charge in [-0.2, -0.15) is 0 Å². The van der Waals surface area contributed by atoms with E-state index in [1.54, 1.807) is 47.0 Å². The van der Waals surface area contributed by atoms with Crippen molar-refractivity contribution in [1.82, 2.24) is 4.57 Å². The Balaban J connectivity index is 1.72. The number of hydrogen-bond acceptors (Lipinski definition) is 5. The Morgan fingerprint density at radius 3 is 2.22 bits per heavy atom. The number of benzene rings is 3. The highest BCUT2D eigenvalue weighted by atomic mass is 35.5. The lowest BCUT2D eigenvalue weighted by molar-refractivity contribution is -0.116. The van der Waals surface area contributed by atoms with Gasteiger partial charge >= 0.3 is 0 Å². The number of aryl methyl sites for hydroxylation is 1. The molecule has 1 N–H and O–H groups in total. The fourth-order valence-corrected chi connectivity index (χ4v) is 4.12. The molecule has 1 heterocycles. The summed E-state index contributed by atoms with van der Waals surface area (Å²) in [5.74, 6) is 0.261. The quantitative estimate of drug-likeness (QED) is 0.337. The van der Waals surface area contributed by atoms with Crippen molar-refractivity contribution in [3.63, 3.8) is 0 Å². The Labute approximate surface area is 213 Å². The van der Waals surface area contributed by atoms with Crippen LogP contribution in [0.15, 0.2) is 71.7 Å². The number of ether oxygens (including phenoxy) is 2. The maximum absolute atomic E-state index is 13.3. The first kappa shape index (κ1) is 25.0. The van der Waals surface area contributed by atoms with E-state index in [4.69, 9.17) is 21.1 Å². The van der Waals surface area contributed by atoms with E-state index in [1.807, 2.05) is 19.1 Å². The first-order valence-electron chi connectivity index (χ1n) is 11.3. The smallest absolute Gasteiger partial charge is 0.244 e. The van der Waals surface area contributed by atoms with Crippen molar-refractivity contribution in [2.24, 2.45) is 0 Å². The second kappa shape index (κ2) is 10.7. The van der Waals surface area contributed by atoms with Crippen molar-refractivity contribution in [2.45, 2.75) is 19.9 Å². The predicted molar refractivity (Wildman–Crippen MR) is 141 cm³/mol. The molecule has 7 nitrogen and oxygen atoms in total. The molecular weight excluding hydrogens is 480 g/mol. The number of anilines is 1. The molecule has 0 radical (unpaired) electrons. The highest BCUT2D eigenvalue weighted by molar-refractivity contribution is 6.31. The van der Waals surface area contributed by atoms with Gasteiger partial charge in [-0.1, -0.05) is 42.8 Å². The topological polar surface area (TPSA) is 86.6 Å². The molecule has 8 heteroatoms. The minimum atomic E-state index is -0.439. The zero-order chi connectivity index (χ0) is 25.8. The van der Waals surface area contributed by atoms with E-state index in [1.165, 1.54) is 26.5 Å². The number of halogens is 1. The molecule has 0 saturated heterocycles. The van der Waals surface area contributed by atoms with Crippen molar-refractivity contribution >= 4 is 39.9 Å². The third-order valence-corrected chi connectivity index (χ3v) is 6.10. The van der Waals surface area contributed by atoms with Gasteiger partial charge < -0.3 is 19.4 Å². The van der Waals surface area contributed by atoms with Gasteiger partial charge in [0.05, 0.1) is 25.3 Å². The summed E-state index contributed by atoms with van der Waals surface area (Å²) in [4.78, 5) is 39.6. The van der Waals surface area contributed by atoms with E-state index in [0.29, 0.717) is 33.3 Å². The molecule has 0 spiro atoms. The van der Waals surface area contributed by atoms with Crippen LogP contribution in [0, 0.1) is 0 Å². The summed E-state index contributed by atoms with van der Waals surface area (Å²) in [7, 11) is 3.04. The van der Waals surface area contributed by atoms with Crippen molar-refractivity contribution in [2.75, 3.05) is 19.5 Å². The molecule has 0 unspecified atom stereocenters. The number of nitrogens with one attached hydrogen (secondary N) is 1. The molecule has 1 amide bonds. The lowest BCUT2D eigenvalue weighted by atomic mass is 10.0. The van der Waals surface area contributed by atoms with E-state index in [0.717, 1.165) is 12.0 Å². The fourth-order valence-electron chi connectivity index (χ4n) is 3.94. The van der Waals surface area contributed by atoms with Crippen LogP contribution in [0.3, 0.4) is 0 Å². The van der Waals surface area contributed by atoms with E-state index < -0.39 is 11.2 Å². The molecule has 0 aliphatic carbocycles. The SMILES string of the molecule is CCc1ccc(C(=O)c2cn(CC(=O)Nc3cc(OC)cc(OC)c3)c3ccc(Cl)cc3c2=O)cc1. The molecule has 4 rings (SSSR count). The molecule has 0 aliphatic rings. The van der Waals surface area contributed by atoms with E-state index in [2.05, 4.69) is 5.32 Å². The summed E-state index contributed by atoms with van der Waals surface area (Å²) >= 11 is 6.16. The summed E-state index contributed by atoms with van der Waals surface area (Å²) in [5.41, 5.74) is 1.97. The monoisotopic (exact) mass is 504 g/mol. The number of ketones is 1. The van der Waals surface area contributed by atoms with E-state index in [9.17, 15) is 14.4 Å². The number of hydrogen-bond donors (Lipinski definition) is 1. The second-order valence-corrected chi connectivity index (χ2v) is 8.63. The van der Waals surface area contributed by atoms with Crippen LogP contribution in [0.4, 0.5) is 5.69 Å². The lowest BCUT2D eigenvalue weighted by Gasteiger charge is -2.14. The molecule has 0 bridgehead atoms. The van der Waals surface area contributed by atoms with Gasteiger partial charge in [0.1, 0.15) is 18.0 Å². The average Bonchev–Trinajstić information content (AvgIpc) is 2.89. The van der Waals surface area contributed by atoms with Gasteiger partial charge in [0, 0.05) is 46.1 Å². The van der Waals surface area contributed by atoms with Gasteiger partial charge in [-0.3, -0.25) is 14.4 Å². The summed E-state index contributed by atoms with van der Waals surface area (Å²) in [6.07, 6.45) is 2.27. The highest BCUT2D eigenvalue weighted by Gasteiger charge is 2.19. The van der Waals surface area contributed by atoms with E-state index >= 15 is 0 Å². The van der Waals surface area contributed by atoms with Crippen LogP contribution in [-0.4, -0.2) is 30.5 Å². The van der Waals surface area contributed by atoms with Gasteiger partial charge in [-0.25, -0.2) is 0 Å². The van der Waals surface area contributed by atoms with Crippen molar-refractivity contribution in [1.29, 1.82) is 0 Å². The van der Waals surface area contributed by atoms with Gasteiger partial charge in [0.25, 0.3) is 0 Å². The number of aromatic nitrogens is 1. The number of carbonyl (C=O) groups excluding carboxylic acids is 2. The number of carbonyl (C=O) groups is 2. The maximum Gasteiger partial charge on any atom is 0.244 e. The number of nitrogens with zero attached hydrogens (tertiary/aromatic N) is 1. The molecule has 3 aromatic carbocycles. The molecule has 0 saturated carbocycles. The van der Waals surface area contributed by atoms with Gasteiger partial charge in [0.2, 0.25) is 11.3 Å². The van der Waals surface area contributed by atoms with Gasteiger partial charge in [0.15, 0.2) is 5.78 Å². The Morgan fingerprint density at radius 2 is 1.61 bits per heavy atom. The molecule has 0 fully saturated rings. The van der Waals surface area contributed by atoms with Gasteiger partial charge in [-0.05, 0) is 30.2 Å². The summed E-state index contributed by atoms with van der Waals surface area (Å²) in [5, 5.41) is 3.43. The lowest BCUT2D eigenvalue weighted by Crippen LogP contribution is -2.24. The van der Waals surface area contributed by atoms with Gasteiger partial charge in [-0.15, -0.1) is 0 Å². The average molecular weight is 505 g/mol. The summed E-state index contributed by atoms with van der Waals surface area (Å²) in [6, 6.07) is 17.0. The minimum absolute atomic E-state index is 0.0372. The standard InChI is InChI=1S/C28H25ClN2O5/c1-4-17-5-7-18(8-6-17)27(33)24-15-31(25-10-9-19(29)11-23(25)28(24)34)16-26(32)30-20-12-21(35-2)14-22(13-20)36-3/h5-15H,4,16H2,1-3H3,(H,30,32). The van der Waals surface area contributed by atoms with Crippen molar-refractivity contribution in [3.8, 4) is 11.5 Å². The zero-order valence-corrected chi connectivity index (χ0v) is 20.9. The second-order valence-electron chi connectivity index (χ2n) is 8.19.